The molecule has 0 amide bonds. The van der Waals surface area contributed by atoms with Gasteiger partial charge in [-0.2, -0.15) is 9.97 Å². The lowest BCUT2D eigenvalue weighted by molar-refractivity contribution is 0.955. The number of fused-ring (bicyclic) bond motifs is 10. The summed E-state index contributed by atoms with van der Waals surface area (Å²) in [6.45, 7) is 0. The Morgan fingerprint density at radius 1 is 0.344 bits per heavy atom. The first-order valence-electron chi connectivity index (χ1n) is 20.4. The van der Waals surface area contributed by atoms with Crippen LogP contribution in [0.5, 0.6) is 0 Å². The van der Waals surface area contributed by atoms with E-state index >= 15 is 0 Å². The number of nitrogens with zero attached hydrogens (tertiary/aromatic N) is 6. The molecule has 7 heteroatoms. The third kappa shape index (κ3) is 5.14. The molecule has 0 aliphatic carbocycles. The highest BCUT2D eigenvalue weighted by molar-refractivity contribution is 7.21. The fraction of sp³-hybridized carbons (Fsp3) is 0. The SMILES string of the molecule is c1ccc(-n2c3ccccc3c3ccc4c5ccccc5n(-c5nc(-c6cccc7ccccc67)nc(-c6cccc7ccccc67)n5)c4c32)c(-c2nc3ccccc3s2)c1. The highest BCUT2D eigenvalue weighted by atomic mass is 32.1. The van der Waals surface area contributed by atoms with E-state index in [0.29, 0.717) is 17.6 Å². The fourth-order valence-corrected chi connectivity index (χ4v) is 10.3. The van der Waals surface area contributed by atoms with E-state index < -0.39 is 0 Å². The molecule has 0 bridgehead atoms. The number of thiazole rings is 1. The van der Waals surface area contributed by atoms with Crippen molar-refractivity contribution in [1.82, 2.24) is 29.1 Å². The van der Waals surface area contributed by atoms with Crippen molar-refractivity contribution >= 4 is 86.7 Å². The Labute approximate surface area is 353 Å². The summed E-state index contributed by atoms with van der Waals surface area (Å²) >= 11 is 1.72. The predicted molar refractivity (Wildman–Crippen MR) is 253 cm³/mol. The van der Waals surface area contributed by atoms with Crippen LogP contribution >= 0.6 is 11.3 Å². The van der Waals surface area contributed by atoms with E-state index in [2.05, 4.69) is 203 Å². The van der Waals surface area contributed by atoms with Gasteiger partial charge in [0, 0.05) is 38.2 Å². The lowest BCUT2D eigenvalue weighted by atomic mass is 10.0. The maximum atomic E-state index is 5.48. The summed E-state index contributed by atoms with van der Waals surface area (Å²) < 4.78 is 5.87. The molecule has 0 spiro atoms. The first kappa shape index (κ1) is 33.9. The molecule has 13 rings (SSSR count). The molecule has 0 aliphatic rings. The first-order chi connectivity index (χ1) is 30.3. The average molecular weight is 797 g/mol. The Bertz CT molecular complexity index is 3770. The molecule has 0 atom stereocenters. The number of hydrogen-bond donors (Lipinski definition) is 0. The maximum Gasteiger partial charge on any atom is 0.238 e. The lowest BCUT2D eigenvalue weighted by Crippen LogP contribution is -2.07. The normalized spacial score (nSPS) is 11.9. The molecule has 0 radical (unpaired) electrons. The van der Waals surface area contributed by atoms with Gasteiger partial charge in [-0.3, -0.25) is 4.57 Å². The highest BCUT2D eigenvalue weighted by Crippen LogP contribution is 2.44. The minimum atomic E-state index is 0.552. The van der Waals surface area contributed by atoms with Crippen molar-refractivity contribution in [2.75, 3.05) is 0 Å². The van der Waals surface area contributed by atoms with Crippen LogP contribution in [-0.4, -0.2) is 29.1 Å². The topological polar surface area (TPSA) is 61.4 Å². The summed E-state index contributed by atoms with van der Waals surface area (Å²) in [4.78, 5) is 21.4. The quantitative estimate of drug-likeness (QED) is 0.174. The molecule has 13 aromatic rings. The van der Waals surface area contributed by atoms with Crippen LogP contribution in [0.4, 0.5) is 0 Å². The summed E-state index contributed by atoms with van der Waals surface area (Å²) in [5.74, 6) is 1.78. The zero-order valence-corrected chi connectivity index (χ0v) is 33.4. The largest absolute Gasteiger partial charge is 0.306 e. The average Bonchev–Trinajstić information content (AvgIpc) is 4.01. The number of hydrogen-bond acceptors (Lipinski definition) is 5. The van der Waals surface area contributed by atoms with Crippen molar-refractivity contribution < 1.29 is 0 Å². The molecular weight excluding hydrogens is 765 g/mol. The molecule has 61 heavy (non-hydrogen) atoms. The van der Waals surface area contributed by atoms with Gasteiger partial charge in [-0.15, -0.1) is 11.3 Å². The van der Waals surface area contributed by atoms with Crippen molar-refractivity contribution in [3.8, 4) is 45.0 Å². The standard InChI is InChI=1S/C54H32N6S/c1-3-19-35-33(15-1)17-13-24-41(35)51-56-52(42-25-14-18-34-16-2-4-20-36(34)42)58-54(57-51)60-46-28-10-6-22-38(46)40-32-31-39-37-21-5-9-27-45(37)59(49(39)50(40)60)47-29-11-7-23-43(47)53-55-44-26-8-12-30-48(44)61-53/h1-32H. The summed E-state index contributed by atoms with van der Waals surface area (Å²) in [5.41, 5.74) is 9.25. The molecule has 0 N–H and O–H groups in total. The molecule has 0 saturated heterocycles. The fourth-order valence-electron chi connectivity index (χ4n) is 9.34. The van der Waals surface area contributed by atoms with Crippen LogP contribution in [0.15, 0.2) is 194 Å². The second kappa shape index (κ2) is 13.3. The van der Waals surface area contributed by atoms with Crippen molar-refractivity contribution in [2.24, 2.45) is 0 Å². The molecule has 6 nitrogen and oxygen atoms in total. The molecule has 0 saturated carbocycles. The number of benzene rings is 9. The van der Waals surface area contributed by atoms with Crippen molar-refractivity contribution in [3.05, 3.63) is 194 Å². The zero-order valence-electron chi connectivity index (χ0n) is 32.6. The Kier molecular flexibility index (Phi) is 7.37. The Balaban J connectivity index is 1.18. The van der Waals surface area contributed by atoms with E-state index in [1.165, 1.54) is 5.39 Å². The Hall–Kier alpha value is -8.00. The molecule has 0 aliphatic heterocycles. The number of para-hydroxylation sites is 4. The second-order valence-electron chi connectivity index (χ2n) is 15.4. The van der Waals surface area contributed by atoms with Crippen LogP contribution < -0.4 is 0 Å². The van der Waals surface area contributed by atoms with Crippen LogP contribution in [0.3, 0.4) is 0 Å². The monoisotopic (exact) mass is 796 g/mol. The van der Waals surface area contributed by atoms with Gasteiger partial charge in [-0.25, -0.2) is 9.97 Å². The van der Waals surface area contributed by atoms with Crippen molar-refractivity contribution in [2.45, 2.75) is 0 Å². The van der Waals surface area contributed by atoms with E-state index in [4.69, 9.17) is 19.9 Å². The molecular formula is C54H32N6S. The van der Waals surface area contributed by atoms with E-state index in [-0.39, 0.29) is 0 Å². The van der Waals surface area contributed by atoms with Crippen molar-refractivity contribution in [3.63, 3.8) is 0 Å². The molecule has 9 aromatic carbocycles. The molecule has 4 aromatic heterocycles. The molecule has 0 unspecified atom stereocenters. The first-order valence-corrected chi connectivity index (χ1v) is 21.2. The maximum absolute atomic E-state index is 5.48. The van der Waals surface area contributed by atoms with E-state index in [9.17, 15) is 0 Å². The third-order valence-electron chi connectivity index (χ3n) is 12.0. The van der Waals surface area contributed by atoms with Gasteiger partial charge in [-0.05, 0) is 57.9 Å². The minimum absolute atomic E-state index is 0.552. The van der Waals surface area contributed by atoms with E-state index in [1.807, 2.05) is 0 Å². The summed E-state index contributed by atoms with van der Waals surface area (Å²) in [7, 11) is 0. The summed E-state index contributed by atoms with van der Waals surface area (Å²) in [6.07, 6.45) is 0. The van der Waals surface area contributed by atoms with E-state index in [1.54, 1.807) is 11.3 Å². The molecule has 4 heterocycles. The van der Waals surface area contributed by atoms with Gasteiger partial charge in [0.2, 0.25) is 5.95 Å². The van der Waals surface area contributed by atoms with Gasteiger partial charge in [0.1, 0.15) is 5.01 Å². The van der Waals surface area contributed by atoms with Crippen LogP contribution in [0.25, 0.3) is 120 Å². The third-order valence-corrected chi connectivity index (χ3v) is 13.1. The van der Waals surface area contributed by atoms with Gasteiger partial charge >= 0.3 is 0 Å². The number of rotatable bonds is 5. The van der Waals surface area contributed by atoms with Crippen LogP contribution in [0, 0.1) is 0 Å². The minimum Gasteiger partial charge on any atom is -0.306 e. The van der Waals surface area contributed by atoms with Crippen molar-refractivity contribution in [1.29, 1.82) is 0 Å². The lowest BCUT2D eigenvalue weighted by Gasteiger charge is -2.15. The highest BCUT2D eigenvalue weighted by Gasteiger charge is 2.25. The van der Waals surface area contributed by atoms with Crippen LogP contribution in [0.2, 0.25) is 0 Å². The van der Waals surface area contributed by atoms with Gasteiger partial charge < -0.3 is 4.57 Å². The smallest absolute Gasteiger partial charge is 0.238 e. The van der Waals surface area contributed by atoms with Crippen LogP contribution in [-0.2, 0) is 0 Å². The van der Waals surface area contributed by atoms with Gasteiger partial charge in [-0.1, -0.05) is 158 Å². The zero-order chi connectivity index (χ0) is 40.0. The Morgan fingerprint density at radius 2 is 0.836 bits per heavy atom. The molecule has 0 fully saturated rings. The molecule has 284 valence electrons. The second-order valence-corrected chi connectivity index (χ2v) is 16.4. The summed E-state index contributed by atoms with van der Waals surface area (Å²) in [5, 5.41) is 9.95. The summed E-state index contributed by atoms with van der Waals surface area (Å²) in [6, 6.07) is 68.5. The Morgan fingerprint density at radius 3 is 1.49 bits per heavy atom. The van der Waals surface area contributed by atoms with Gasteiger partial charge in [0.05, 0.1) is 38.0 Å². The predicted octanol–water partition coefficient (Wildman–Crippen LogP) is 14.0. The van der Waals surface area contributed by atoms with Gasteiger partial charge in [0.25, 0.3) is 0 Å². The van der Waals surface area contributed by atoms with Gasteiger partial charge in [0.15, 0.2) is 11.6 Å². The van der Waals surface area contributed by atoms with Crippen LogP contribution in [0.1, 0.15) is 0 Å². The van der Waals surface area contributed by atoms with E-state index in [0.717, 1.165) is 97.4 Å². The number of aromatic nitrogens is 6.